The number of amides is 1. The van der Waals surface area contributed by atoms with E-state index in [2.05, 4.69) is 41.0 Å². The van der Waals surface area contributed by atoms with Crippen molar-refractivity contribution in [3.8, 4) is 0 Å². The summed E-state index contributed by atoms with van der Waals surface area (Å²) in [6.45, 7) is 1.03. The van der Waals surface area contributed by atoms with Crippen LogP contribution < -0.4 is 10.6 Å². The van der Waals surface area contributed by atoms with Crippen LogP contribution in [-0.4, -0.2) is 36.0 Å². The van der Waals surface area contributed by atoms with Crippen LogP contribution >= 0.6 is 11.8 Å². The first-order valence-electron chi connectivity index (χ1n) is 8.95. The van der Waals surface area contributed by atoms with Crippen LogP contribution in [0.3, 0.4) is 0 Å². The summed E-state index contributed by atoms with van der Waals surface area (Å²) in [5.74, 6) is 3.05. The summed E-state index contributed by atoms with van der Waals surface area (Å²) in [4.78, 5) is 12.4. The van der Waals surface area contributed by atoms with Gasteiger partial charge in [0.05, 0.1) is 0 Å². The van der Waals surface area contributed by atoms with Gasteiger partial charge in [0.15, 0.2) is 0 Å². The summed E-state index contributed by atoms with van der Waals surface area (Å²) in [6.07, 6.45) is 6.62. The normalized spacial score (nSPS) is 28.3. The summed E-state index contributed by atoms with van der Waals surface area (Å²) in [6, 6.07) is 11.4. The van der Waals surface area contributed by atoms with E-state index in [1.165, 1.54) is 30.6 Å². The molecule has 1 aliphatic carbocycles. The molecule has 1 saturated heterocycles. The molecule has 2 fully saturated rings. The van der Waals surface area contributed by atoms with Crippen LogP contribution in [0.15, 0.2) is 30.3 Å². The lowest BCUT2D eigenvalue weighted by molar-refractivity contribution is -0.122. The molecule has 2 N–H and O–H groups in total. The fraction of sp³-hybridized carbons (Fsp3) is 0.632. The molecule has 0 radical (unpaired) electrons. The van der Waals surface area contributed by atoms with Crippen molar-refractivity contribution in [3.05, 3.63) is 35.9 Å². The Kier molecular flexibility index (Phi) is 6.40. The first-order chi connectivity index (χ1) is 11.3. The zero-order valence-electron chi connectivity index (χ0n) is 13.8. The Bertz CT molecular complexity index is 487. The second-order valence-electron chi connectivity index (χ2n) is 6.84. The maximum atomic E-state index is 12.4. The molecule has 3 unspecified atom stereocenters. The fourth-order valence-corrected chi connectivity index (χ4v) is 4.75. The number of benzene rings is 1. The van der Waals surface area contributed by atoms with Crippen molar-refractivity contribution in [2.24, 2.45) is 5.92 Å². The molecule has 3 rings (SSSR count). The molecule has 126 valence electrons. The fourth-order valence-electron chi connectivity index (χ4n) is 3.80. The van der Waals surface area contributed by atoms with Gasteiger partial charge in [0.1, 0.15) is 0 Å². The second-order valence-corrected chi connectivity index (χ2v) is 7.99. The number of nitrogens with one attached hydrogen (secondary N) is 2. The highest BCUT2D eigenvalue weighted by molar-refractivity contribution is 7.99. The molecule has 1 aromatic rings. The average Bonchev–Trinajstić information content (AvgIpc) is 2.58. The van der Waals surface area contributed by atoms with Crippen molar-refractivity contribution >= 4 is 17.7 Å². The Morgan fingerprint density at radius 1 is 1.22 bits per heavy atom. The largest absolute Gasteiger partial charge is 0.353 e. The third-order valence-corrected chi connectivity index (χ3v) is 6.16. The molecule has 3 atom stereocenters. The lowest BCUT2D eigenvalue weighted by Gasteiger charge is -2.33. The summed E-state index contributed by atoms with van der Waals surface area (Å²) in [5.41, 5.74) is 1.39. The van der Waals surface area contributed by atoms with Crippen LogP contribution in [0.4, 0.5) is 0 Å². The molecule has 23 heavy (non-hydrogen) atoms. The van der Waals surface area contributed by atoms with E-state index in [0.29, 0.717) is 24.4 Å². The quantitative estimate of drug-likeness (QED) is 0.871. The summed E-state index contributed by atoms with van der Waals surface area (Å²) < 4.78 is 0. The van der Waals surface area contributed by atoms with Gasteiger partial charge in [-0.2, -0.15) is 11.8 Å². The number of hydrogen-bond acceptors (Lipinski definition) is 3. The van der Waals surface area contributed by atoms with Gasteiger partial charge in [0.2, 0.25) is 5.91 Å². The second kappa shape index (κ2) is 8.74. The molecule has 1 heterocycles. The molecule has 0 aromatic heterocycles. The van der Waals surface area contributed by atoms with Gasteiger partial charge in [0, 0.05) is 36.6 Å². The molecule has 2 aliphatic rings. The first kappa shape index (κ1) is 16.8. The van der Waals surface area contributed by atoms with Gasteiger partial charge >= 0.3 is 0 Å². The number of hydrogen-bond donors (Lipinski definition) is 2. The average molecular weight is 333 g/mol. The van der Waals surface area contributed by atoms with Crippen LogP contribution in [0.2, 0.25) is 0 Å². The van der Waals surface area contributed by atoms with Crippen LogP contribution in [-0.2, 0) is 11.2 Å². The van der Waals surface area contributed by atoms with Crippen LogP contribution in [0.1, 0.15) is 37.7 Å². The van der Waals surface area contributed by atoms with Gasteiger partial charge in [-0.1, -0.05) is 43.2 Å². The molecule has 1 aromatic carbocycles. The standard InChI is InChI=1S/C19H28N2OS/c22-19(13-17-14-23-11-10-20-17)21-18-9-5-4-8-16(18)12-15-6-2-1-3-7-15/h1-3,6-7,16-18,20H,4-5,8-14H2,(H,21,22). The van der Waals surface area contributed by atoms with E-state index in [0.717, 1.165) is 25.1 Å². The van der Waals surface area contributed by atoms with Crippen molar-refractivity contribution in [2.75, 3.05) is 18.1 Å². The van der Waals surface area contributed by atoms with Crippen molar-refractivity contribution in [1.82, 2.24) is 10.6 Å². The van der Waals surface area contributed by atoms with E-state index >= 15 is 0 Å². The molecule has 0 bridgehead atoms. The molecule has 1 aliphatic heterocycles. The van der Waals surface area contributed by atoms with Crippen LogP contribution in [0.25, 0.3) is 0 Å². The lowest BCUT2D eigenvalue weighted by atomic mass is 9.80. The van der Waals surface area contributed by atoms with Gasteiger partial charge in [-0.25, -0.2) is 0 Å². The highest BCUT2D eigenvalue weighted by Crippen LogP contribution is 2.27. The van der Waals surface area contributed by atoms with Gasteiger partial charge < -0.3 is 10.6 Å². The van der Waals surface area contributed by atoms with Crippen LogP contribution in [0.5, 0.6) is 0 Å². The molecular weight excluding hydrogens is 304 g/mol. The van der Waals surface area contributed by atoms with Crippen molar-refractivity contribution < 1.29 is 4.79 Å². The SMILES string of the molecule is O=C(CC1CSCCN1)NC1CCCCC1Cc1ccccc1. The van der Waals surface area contributed by atoms with Gasteiger partial charge in [-0.05, 0) is 30.7 Å². The highest BCUT2D eigenvalue weighted by atomic mass is 32.2. The van der Waals surface area contributed by atoms with E-state index in [-0.39, 0.29) is 5.91 Å². The number of rotatable bonds is 5. The minimum atomic E-state index is 0.231. The third kappa shape index (κ3) is 5.25. The Balaban J connectivity index is 1.52. The minimum Gasteiger partial charge on any atom is -0.353 e. The van der Waals surface area contributed by atoms with Crippen molar-refractivity contribution in [2.45, 2.75) is 50.6 Å². The lowest BCUT2D eigenvalue weighted by Crippen LogP contribution is -2.46. The summed E-state index contributed by atoms with van der Waals surface area (Å²) in [5, 5.41) is 6.80. The molecule has 1 saturated carbocycles. The Hall–Kier alpha value is -1.00. The zero-order chi connectivity index (χ0) is 15.9. The van der Waals surface area contributed by atoms with Gasteiger partial charge in [-0.3, -0.25) is 4.79 Å². The number of carbonyl (C=O) groups excluding carboxylic acids is 1. The summed E-state index contributed by atoms with van der Waals surface area (Å²) in [7, 11) is 0. The topological polar surface area (TPSA) is 41.1 Å². The van der Waals surface area contributed by atoms with Crippen LogP contribution in [0, 0.1) is 5.92 Å². The smallest absolute Gasteiger partial charge is 0.221 e. The Morgan fingerprint density at radius 3 is 2.83 bits per heavy atom. The molecule has 3 nitrogen and oxygen atoms in total. The molecule has 4 heteroatoms. The third-order valence-electron chi connectivity index (χ3n) is 5.03. The predicted octanol–water partition coefficient (Wildman–Crippen LogP) is 3.00. The molecular formula is C19H28N2OS. The van der Waals surface area contributed by atoms with E-state index in [9.17, 15) is 4.79 Å². The molecule has 1 amide bonds. The maximum absolute atomic E-state index is 12.4. The first-order valence-corrected chi connectivity index (χ1v) is 10.1. The van der Waals surface area contributed by atoms with E-state index in [1.54, 1.807) is 0 Å². The summed E-state index contributed by atoms with van der Waals surface area (Å²) >= 11 is 1.95. The van der Waals surface area contributed by atoms with Crippen molar-refractivity contribution in [3.63, 3.8) is 0 Å². The Labute approximate surface area is 144 Å². The predicted molar refractivity (Wildman–Crippen MR) is 97.8 cm³/mol. The molecule has 0 spiro atoms. The minimum absolute atomic E-state index is 0.231. The monoisotopic (exact) mass is 332 g/mol. The van der Waals surface area contributed by atoms with Crippen molar-refractivity contribution in [1.29, 1.82) is 0 Å². The zero-order valence-corrected chi connectivity index (χ0v) is 14.6. The van der Waals surface area contributed by atoms with E-state index in [4.69, 9.17) is 0 Å². The Morgan fingerprint density at radius 2 is 2.04 bits per heavy atom. The maximum Gasteiger partial charge on any atom is 0.221 e. The highest BCUT2D eigenvalue weighted by Gasteiger charge is 2.27. The number of thioether (sulfide) groups is 1. The number of carbonyl (C=O) groups is 1. The van der Waals surface area contributed by atoms with E-state index < -0.39 is 0 Å². The van der Waals surface area contributed by atoms with Gasteiger partial charge in [0.25, 0.3) is 0 Å². The van der Waals surface area contributed by atoms with E-state index in [1.807, 2.05) is 11.8 Å². The van der Waals surface area contributed by atoms with Gasteiger partial charge in [-0.15, -0.1) is 0 Å².